The molecule has 3 rings (SSSR count). The molecule has 162 valence electrons. The lowest BCUT2D eigenvalue weighted by Gasteiger charge is -2.27. The number of ether oxygens (including phenoxy) is 1. The van der Waals surface area contributed by atoms with Gasteiger partial charge in [-0.05, 0) is 42.8 Å². The molecular weight excluding hydrogens is 432 g/mol. The molecular formula is C20H17F6NO2S. The predicted molar refractivity (Wildman–Crippen MR) is 101 cm³/mol. The topological polar surface area (TPSA) is 29.5 Å². The van der Waals surface area contributed by atoms with Crippen molar-refractivity contribution in [3.63, 3.8) is 0 Å². The van der Waals surface area contributed by atoms with Crippen molar-refractivity contribution in [1.82, 2.24) is 0 Å². The summed E-state index contributed by atoms with van der Waals surface area (Å²) in [5, 5.41) is 0. The highest BCUT2D eigenvalue weighted by atomic mass is 32.2. The maximum Gasteiger partial charge on any atom is 0.420 e. The molecule has 2 aromatic carbocycles. The minimum absolute atomic E-state index is 0.0516. The summed E-state index contributed by atoms with van der Waals surface area (Å²) in [6.45, 7) is 0. The van der Waals surface area contributed by atoms with Crippen LogP contribution in [0.15, 0.2) is 41.3 Å². The molecule has 0 bridgehead atoms. The van der Waals surface area contributed by atoms with Gasteiger partial charge in [-0.3, -0.25) is 9.69 Å². The molecule has 0 aromatic heterocycles. The van der Waals surface area contributed by atoms with Gasteiger partial charge in [0.05, 0.1) is 18.4 Å². The van der Waals surface area contributed by atoms with E-state index in [1.807, 2.05) is 0 Å². The van der Waals surface area contributed by atoms with Crippen LogP contribution in [0.5, 0.6) is 5.75 Å². The molecule has 2 aromatic rings. The summed E-state index contributed by atoms with van der Waals surface area (Å²) in [5.41, 5.74) is -0.981. The highest BCUT2D eigenvalue weighted by Gasteiger charge is 2.39. The Morgan fingerprint density at radius 3 is 2.43 bits per heavy atom. The van der Waals surface area contributed by atoms with Gasteiger partial charge in [0.1, 0.15) is 11.6 Å². The number of benzene rings is 2. The van der Waals surface area contributed by atoms with Crippen molar-refractivity contribution in [3.05, 3.63) is 47.8 Å². The number of anilines is 2. The number of hydrogen-bond donors (Lipinski definition) is 0. The molecule has 3 nitrogen and oxygen atoms in total. The summed E-state index contributed by atoms with van der Waals surface area (Å²) in [4.78, 5) is 14.6. The number of halogens is 6. The van der Waals surface area contributed by atoms with Crippen molar-refractivity contribution in [3.8, 4) is 5.75 Å². The first-order valence-electron chi connectivity index (χ1n) is 8.91. The normalized spacial score (nSPS) is 17.1. The molecule has 30 heavy (non-hydrogen) atoms. The van der Waals surface area contributed by atoms with Crippen LogP contribution in [-0.4, -0.2) is 25.2 Å². The van der Waals surface area contributed by atoms with E-state index in [0.29, 0.717) is 4.90 Å². The predicted octanol–water partition coefficient (Wildman–Crippen LogP) is 6.29. The third-order valence-corrected chi connectivity index (χ3v) is 5.86. The Balaban J connectivity index is 2.16. The molecule has 0 spiro atoms. The second kappa shape index (κ2) is 8.79. The van der Waals surface area contributed by atoms with Gasteiger partial charge in [-0.15, -0.1) is 11.8 Å². The Morgan fingerprint density at radius 2 is 1.87 bits per heavy atom. The summed E-state index contributed by atoms with van der Waals surface area (Å²) in [5.74, 6) is -2.35. The molecule has 10 heteroatoms. The fourth-order valence-electron chi connectivity index (χ4n) is 3.18. The number of alkyl halides is 5. The number of amides is 1. The van der Waals surface area contributed by atoms with E-state index in [2.05, 4.69) is 0 Å². The quantitative estimate of drug-likeness (QED) is 0.503. The standard InChI is InChI=1S/C20H17F6NO2S/c1-29-16-9-17-15(8-14(16)20(24,25)26)27(13-5-3-12(21)4-6-13)19(28)11(10-30-17)2-7-18(22)23/h3-6,8-9,11,18H,2,7,10H2,1H3. The second-order valence-corrected chi connectivity index (χ2v) is 7.71. The molecule has 1 unspecified atom stereocenters. The van der Waals surface area contributed by atoms with Crippen LogP contribution >= 0.6 is 11.8 Å². The van der Waals surface area contributed by atoms with E-state index in [9.17, 15) is 31.1 Å². The van der Waals surface area contributed by atoms with Gasteiger partial charge in [0, 0.05) is 28.7 Å². The average molecular weight is 449 g/mol. The van der Waals surface area contributed by atoms with Crippen LogP contribution in [0.1, 0.15) is 18.4 Å². The van der Waals surface area contributed by atoms with Gasteiger partial charge in [0.25, 0.3) is 0 Å². The molecule has 1 atom stereocenters. The monoisotopic (exact) mass is 449 g/mol. The summed E-state index contributed by atoms with van der Waals surface area (Å²) < 4.78 is 84.3. The molecule has 1 heterocycles. The largest absolute Gasteiger partial charge is 0.496 e. The van der Waals surface area contributed by atoms with Gasteiger partial charge in [-0.2, -0.15) is 13.2 Å². The Bertz CT molecular complexity index is 917. The summed E-state index contributed by atoms with van der Waals surface area (Å²) in [6, 6.07) is 6.65. The lowest BCUT2D eigenvalue weighted by molar-refractivity contribution is -0.138. The number of fused-ring (bicyclic) bond motifs is 1. The highest BCUT2D eigenvalue weighted by Crippen LogP contribution is 2.47. The van der Waals surface area contributed by atoms with E-state index in [-0.39, 0.29) is 23.5 Å². The first-order chi connectivity index (χ1) is 14.1. The molecule has 0 saturated carbocycles. The van der Waals surface area contributed by atoms with E-state index in [1.54, 1.807) is 0 Å². The van der Waals surface area contributed by atoms with Crippen LogP contribution in [0.2, 0.25) is 0 Å². The lowest BCUT2D eigenvalue weighted by atomic mass is 10.0. The third-order valence-electron chi connectivity index (χ3n) is 4.66. The van der Waals surface area contributed by atoms with Gasteiger partial charge in [0.2, 0.25) is 12.3 Å². The van der Waals surface area contributed by atoms with E-state index in [0.717, 1.165) is 42.0 Å². The third kappa shape index (κ3) is 4.69. The second-order valence-electron chi connectivity index (χ2n) is 6.64. The fourth-order valence-corrected chi connectivity index (χ4v) is 4.36. The Morgan fingerprint density at radius 1 is 1.20 bits per heavy atom. The van der Waals surface area contributed by atoms with E-state index in [4.69, 9.17) is 4.74 Å². The van der Waals surface area contributed by atoms with Gasteiger partial charge < -0.3 is 4.74 Å². The Labute approximate surface area is 173 Å². The van der Waals surface area contributed by atoms with Crippen molar-refractivity contribution in [2.75, 3.05) is 17.8 Å². The van der Waals surface area contributed by atoms with E-state index < -0.39 is 48.0 Å². The summed E-state index contributed by atoms with van der Waals surface area (Å²) in [6.07, 6.45) is -7.99. The van der Waals surface area contributed by atoms with Crippen molar-refractivity contribution in [1.29, 1.82) is 0 Å². The molecule has 0 saturated heterocycles. The molecule has 0 radical (unpaired) electrons. The van der Waals surface area contributed by atoms with E-state index >= 15 is 0 Å². The van der Waals surface area contributed by atoms with Crippen LogP contribution in [0.25, 0.3) is 0 Å². The van der Waals surface area contributed by atoms with E-state index in [1.165, 1.54) is 18.2 Å². The SMILES string of the molecule is COc1cc2c(cc1C(F)(F)F)N(c1ccc(F)cc1)C(=O)C(CCC(F)F)CS2. The number of hydrogen-bond acceptors (Lipinski definition) is 3. The first-order valence-corrected chi connectivity index (χ1v) is 9.90. The van der Waals surface area contributed by atoms with Crippen LogP contribution in [0.4, 0.5) is 37.7 Å². The van der Waals surface area contributed by atoms with Crippen LogP contribution < -0.4 is 9.64 Å². The summed E-state index contributed by atoms with van der Waals surface area (Å²) >= 11 is 1.09. The van der Waals surface area contributed by atoms with Crippen molar-refractivity contribution >= 4 is 29.0 Å². The summed E-state index contributed by atoms with van der Waals surface area (Å²) in [7, 11) is 1.10. The molecule has 1 aliphatic rings. The maximum absolute atomic E-state index is 13.5. The molecule has 0 N–H and O–H groups in total. The van der Waals surface area contributed by atoms with Gasteiger partial charge in [-0.1, -0.05) is 0 Å². The Kier molecular flexibility index (Phi) is 6.54. The number of thioether (sulfide) groups is 1. The molecule has 1 aliphatic heterocycles. The maximum atomic E-state index is 13.5. The highest BCUT2D eigenvalue weighted by molar-refractivity contribution is 7.99. The molecule has 0 aliphatic carbocycles. The fraction of sp³-hybridized carbons (Fsp3) is 0.350. The first kappa shape index (κ1) is 22.3. The smallest absolute Gasteiger partial charge is 0.420 e. The number of methoxy groups -OCH3 is 1. The van der Waals surface area contributed by atoms with Crippen LogP contribution in [0, 0.1) is 11.7 Å². The van der Waals surface area contributed by atoms with Crippen molar-refractivity contribution in [2.24, 2.45) is 5.92 Å². The number of rotatable bonds is 5. The lowest BCUT2D eigenvalue weighted by Crippen LogP contribution is -2.33. The Hall–Kier alpha value is -2.36. The van der Waals surface area contributed by atoms with Crippen molar-refractivity contribution < 1.29 is 35.9 Å². The number of carbonyl (C=O) groups is 1. The van der Waals surface area contributed by atoms with Gasteiger partial charge >= 0.3 is 6.18 Å². The van der Waals surface area contributed by atoms with Crippen LogP contribution in [0.3, 0.4) is 0 Å². The van der Waals surface area contributed by atoms with Gasteiger partial charge in [-0.25, -0.2) is 13.2 Å². The molecule has 1 amide bonds. The number of nitrogens with zero attached hydrogens (tertiary/aromatic N) is 1. The molecule has 0 fully saturated rings. The zero-order chi connectivity index (χ0) is 22.1. The zero-order valence-corrected chi connectivity index (χ0v) is 16.5. The minimum atomic E-state index is -4.75. The van der Waals surface area contributed by atoms with Gasteiger partial charge in [0.15, 0.2) is 0 Å². The number of carbonyl (C=O) groups excluding carboxylic acids is 1. The van der Waals surface area contributed by atoms with Crippen LogP contribution in [-0.2, 0) is 11.0 Å². The average Bonchev–Trinajstić information content (AvgIpc) is 2.81. The van der Waals surface area contributed by atoms with Crippen molar-refractivity contribution in [2.45, 2.75) is 30.3 Å². The zero-order valence-electron chi connectivity index (χ0n) is 15.7. The minimum Gasteiger partial charge on any atom is -0.496 e.